The average Bonchev–Trinajstić information content (AvgIpc) is 2.52. The van der Waals surface area contributed by atoms with Crippen LogP contribution in [-0.4, -0.2) is 65.2 Å². The van der Waals surface area contributed by atoms with Crippen molar-refractivity contribution in [1.82, 2.24) is 0 Å². The molecule has 7 nitrogen and oxygen atoms in total. The summed E-state index contributed by atoms with van der Waals surface area (Å²) < 4.78 is 15.8. The predicted octanol–water partition coefficient (Wildman–Crippen LogP) is 0.734. The monoisotopic (exact) mass is 334 g/mol. The molecule has 1 heterocycles. The fourth-order valence-corrected chi connectivity index (χ4v) is 2.61. The second kappa shape index (κ2) is 10.9. The first-order chi connectivity index (χ1) is 11.0. The van der Waals surface area contributed by atoms with E-state index in [0.29, 0.717) is 6.61 Å². The maximum atomic E-state index is 11.0. The highest BCUT2D eigenvalue weighted by Gasteiger charge is 2.46. The zero-order valence-electron chi connectivity index (χ0n) is 14.0. The highest BCUT2D eigenvalue weighted by atomic mass is 16.7. The Morgan fingerprint density at radius 1 is 1.09 bits per heavy atom. The molecule has 7 heteroatoms. The van der Waals surface area contributed by atoms with E-state index < -0.39 is 43.3 Å². The van der Waals surface area contributed by atoms with Crippen LogP contribution in [0.2, 0.25) is 0 Å². The second-order valence-electron chi connectivity index (χ2n) is 5.92. The lowest BCUT2D eigenvalue weighted by atomic mass is 9.99. The number of esters is 1. The van der Waals surface area contributed by atoms with Gasteiger partial charge in [0, 0.05) is 13.5 Å². The minimum Gasteiger partial charge on any atom is -0.457 e. The van der Waals surface area contributed by atoms with Crippen LogP contribution in [0.4, 0.5) is 0 Å². The van der Waals surface area contributed by atoms with Crippen LogP contribution >= 0.6 is 0 Å². The van der Waals surface area contributed by atoms with E-state index in [1.54, 1.807) is 0 Å². The van der Waals surface area contributed by atoms with E-state index in [9.17, 15) is 20.1 Å². The summed E-state index contributed by atoms with van der Waals surface area (Å²) in [5.41, 5.74) is 0. The quantitative estimate of drug-likeness (QED) is 0.399. The number of carbonyl (C=O) groups excluding carboxylic acids is 1. The minimum absolute atomic E-state index is 0.400. The van der Waals surface area contributed by atoms with Crippen molar-refractivity contribution in [2.45, 2.75) is 83.1 Å². The summed E-state index contributed by atoms with van der Waals surface area (Å²) in [6, 6.07) is 0. The van der Waals surface area contributed by atoms with E-state index in [2.05, 4.69) is 6.92 Å². The Morgan fingerprint density at radius 2 is 1.74 bits per heavy atom. The van der Waals surface area contributed by atoms with E-state index in [0.717, 1.165) is 19.3 Å². The number of unbranched alkanes of at least 4 members (excludes halogenated alkanes) is 5. The van der Waals surface area contributed by atoms with Gasteiger partial charge in [-0.25, -0.2) is 0 Å². The number of aliphatic hydroxyl groups is 3. The van der Waals surface area contributed by atoms with E-state index in [1.165, 1.54) is 26.2 Å². The van der Waals surface area contributed by atoms with Gasteiger partial charge in [-0.15, -0.1) is 0 Å². The molecule has 0 spiro atoms. The standard InChI is InChI=1S/C16H30O7/c1-3-4-5-6-7-8-9-21-16-14(20)13(19)15(22-11(2)18)12(10-17)23-16/h12-17,19-20H,3-10H2,1-2H3/t12-,13-,14-,15-,16-/m1/s1. The molecule has 0 amide bonds. The van der Waals surface area contributed by atoms with Gasteiger partial charge in [0.25, 0.3) is 0 Å². The van der Waals surface area contributed by atoms with Gasteiger partial charge in [-0.2, -0.15) is 0 Å². The lowest BCUT2D eigenvalue weighted by Crippen LogP contribution is -2.60. The molecule has 3 N–H and O–H groups in total. The third kappa shape index (κ3) is 6.73. The Bertz CT molecular complexity index is 334. The SMILES string of the molecule is CCCCCCCCO[C@@H]1O[C@H](CO)[C@@H](OC(C)=O)[C@H](O)[C@H]1O. The van der Waals surface area contributed by atoms with Gasteiger partial charge in [0.2, 0.25) is 0 Å². The molecule has 0 aromatic rings. The zero-order valence-corrected chi connectivity index (χ0v) is 14.0. The van der Waals surface area contributed by atoms with Crippen molar-refractivity contribution in [3.05, 3.63) is 0 Å². The molecule has 1 aliphatic rings. The molecule has 0 unspecified atom stereocenters. The normalized spacial score (nSPS) is 31.1. The average molecular weight is 334 g/mol. The Labute approximate surface area is 137 Å². The second-order valence-corrected chi connectivity index (χ2v) is 5.92. The number of hydrogen-bond acceptors (Lipinski definition) is 7. The molecule has 1 saturated heterocycles. The lowest BCUT2D eigenvalue weighted by Gasteiger charge is -2.41. The van der Waals surface area contributed by atoms with Gasteiger partial charge in [-0.1, -0.05) is 39.0 Å². The number of hydrogen-bond donors (Lipinski definition) is 3. The molecule has 136 valence electrons. The minimum atomic E-state index is -1.36. The third-order valence-electron chi connectivity index (χ3n) is 3.90. The number of aliphatic hydroxyl groups excluding tert-OH is 3. The van der Waals surface area contributed by atoms with Gasteiger partial charge in [0.1, 0.15) is 18.3 Å². The molecular weight excluding hydrogens is 304 g/mol. The predicted molar refractivity (Wildman–Crippen MR) is 82.6 cm³/mol. The maximum absolute atomic E-state index is 11.0. The topological polar surface area (TPSA) is 105 Å². The number of ether oxygens (including phenoxy) is 3. The number of rotatable bonds is 10. The smallest absolute Gasteiger partial charge is 0.303 e. The van der Waals surface area contributed by atoms with Gasteiger partial charge in [-0.05, 0) is 6.42 Å². The molecule has 1 aliphatic heterocycles. The molecule has 0 aliphatic carbocycles. The fraction of sp³-hybridized carbons (Fsp3) is 0.938. The highest BCUT2D eigenvalue weighted by molar-refractivity contribution is 5.66. The Hall–Kier alpha value is -0.730. The van der Waals surface area contributed by atoms with Crippen LogP contribution in [0.25, 0.3) is 0 Å². The first kappa shape index (κ1) is 20.3. The zero-order chi connectivity index (χ0) is 17.2. The van der Waals surface area contributed by atoms with Crippen LogP contribution in [0.5, 0.6) is 0 Å². The van der Waals surface area contributed by atoms with Crippen molar-refractivity contribution >= 4 is 5.97 Å². The molecule has 0 aromatic carbocycles. The van der Waals surface area contributed by atoms with Crippen LogP contribution < -0.4 is 0 Å². The van der Waals surface area contributed by atoms with Gasteiger partial charge in [0.15, 0.2) is 12.4 Å². The van der Waals surface area contributed by atoms with Crippen LogP contribution in [0.3, 0.4) is 0 Å². The Morgan fingerprint density at radius 3 is 2.35 bits per heavy atom. The summed E-state index contributed by atoms with van der Waals surface area (Å²) in [7, 11) is 0. The van der Waals surface area contributed by atoms with Crippen LogP contribution in [0.1, 0.15) is 52.4 Å². The molecule has 0 aromatic heterocycles. The number of carbonyl (C=O) groups is 1. The fourth-order valence-electron chi connectivity index (χ4n) is 2.61. The molecule has 1 rings (SSSR count). The molecule has 23 heavy (non-hydrogen) atoms. The summed E-state index contributed by atoms with van der Waals surface area (Å²) in [4.78, 5) is 11.0. The first-order valence-corrected chi connectivity index (χ1v) is 8.42. The van der Waals surface area contributed by atoms with Crippen molar-refractivity contribution in [2.24, 2.45) is 0 Å². The molecule has 1 fully saturated rings. The molecular formula is C16H30O7. The van der Waals surface area contributed by atoms with Gasteiger partial charge < -0.3 is 29.5 Å². The third-order valence-corrected chi connectivity index (χ3v) is 3.90. The van der Waals surface area contributed by atoms with Crippen LogP contribution in [0, 0.1) is 0 Å². The Kier molecular flexibility index (Phi) is 9.66. The lowest BCUT2D eigenvalue weighted by molar-refractivity contribution is -0.303. The van der Waals surface area contributed by atoms with E-state index in [-0.39, 0.29) is 0 Å². The molecule has 0 radical (unpaired) electrons. The first-order valence-electron chi connectivity index (χ1n) is 8.42. The van der Waals surface area contributed by atoms with Gasteiger partial charge in [0.05, 0.1) is 6.61 Å². The highest BCUT2D eigenvalue weighted by Crippen LogP contribution is 2.24. The molecule has 0 bridgehead atoms. The van der Waals surface area contributed by atoms with Crippen molar-refractivity contribution in [3.8, 4) is 0 Å². The van der Waals surface area contributed by atoms with E-state index >= 15 is 0 Å². The van der Waals surface area contributed by atoms with Gasteiger partial charge in [-0.3, -0.25) is 4.79 Å². The van der Waals surface area contributed by atoms with Crippen molar-refractivity contribution < 1.29 is 34.3 Å². The van der Waals surface area contributed by atoms with Crippen LogP contribution in [0.15, 0.2) is 0 Å². The largest absolute Gasteiger partial charge is 0.457 e. The van der Waals surface area contributed by atoms with Crippen molar-refractivity contribution in [3.63, 3.8) is 0 Å². The van der Waals surface area contributed by atoms with E-state index in [1.807, 2.05) is 0 Å². The van der Waals surface area contributed by atoms with Crippen LogP contribution in [-0.2, 0) is 19.0 Å². The molecule has 0 saturated carbocycles. The van der Waals surface area contributed by atoms with Gasteiger partial charge >= 0.3 is 5.97 Å². The summed E-state index contributed by atoms with van der Waals surface area (Å²) in [5, 5.41) is 29.4. The Balaban J connectivity index is 2.38. The summed E-state index contributed by atoms with van der Waals surface area (Å²) in [6.45, 7) is 3.31. The summed E-state index contributed by atoms with van der Waals surface area (Å²) in [6.07, 6.45) is 0.875. The molecule has 5 atom stereocenters. The van der Waals surface area contributed by atoms with Crippen molar-refractivity contribution in [2.75, 3.05) is 13.2 Å². The van der Waals surface area contributed by atoms with Crippen molar-refractivity contribution in [1.29, 1.82) is 0 Å². The summed E-state index contributed by atoms with van der Waals surface area (Å²) in [5.74, 6) is -0.616. The summed E-state index contributed by atoms with van der Waals surface area (Å²) >= 11 is 0. The maximum Gasteiger partial charge on any atom is 0.303 e. The van der Waals surface area contributed by atoms with E-state index in [4.69, 9.17) is 14.2 Å².